The van der Waals surface area contributed by atoms with Gasteiger partial charge in [-0.05, 0) is 40.5 Å². The molecule has 0 amide bonds. The molecule has 1 atom stereocenters. The van der Waals surface area contributed by atoms with Gasteiger partial charge in [0.05, 0.1) is 13.2 Å². The fraction of sp³-hybridized carbons (Fsp3) is 0.786. The van der Waals surface area contributed by atoms with Gasteiger partial charge < -0.3 is 9.05 Å². The van der Waals surface area contributed by atoms with Crippen LogP contribution in [0, 0.1) is 0 Å². The second-order valence-electron chi connectivity index (χ2n) is 4.55. The third-order valence-corrected chi connectivity index (χ3v) is 5.87. The first-order chi connectivity index (χ1) is 8.91. The van der Waals surface area contributed by atoms with Crippen LogP contribution in [-0.2, 0) is 18.4 Å². The maximum absolute atomic E-state index is 13.0. The highest BCUT2D eigenvalue weighted by atomic mass is 31.2. The van der Waals surface area contributed by atoms with Gasteiger partial charge in [0.1, 0.15) is 5.16 Å². The van der Waals surface area contributed by atoms with E-state index in [2.05, 4.69) is 0 Å². The number of Topliss-reactive ketones (excluding diaryl/α,β-unsaturated/α-hetero) is 1. The lowest BCUT2D eigenvalue weighted by atomic mass is 9.97. The highest BCUT2D eigenvalue weighted by molar-refractivity contribution is 7.56. The van der Waals surface area contributed by atoms with E-state index in [-0.39, 0.29) is 19.0 Å². The minimum Gasteiger partial charge on any atom is -0.308 e. The number of carbonyl (C=O) groups is 1. The summed E-state index contributed by atoms with van der Waals surface area (Å²) in [5.74, 6) is -0.0571. The van der Waals surface area contributed by atoms with E-state index in [1.807, 2.05) is 26.0 Å². The number of ketones is 1. The van der Waals surface area contributed by atoms with Gasteiger partial charge in [-0.3, -0.25) is 9.36 Å². The number of hydrogen-bond acceptors (Lipinski definition) is 4. The van der Waals surface area contributed by atoms with Crippen molar-refractivity contribution in [2.24, 2.45) is 0 Å². The Morgan fingerprint density at radius 1 is 1.21 bits per heavy atom. The predicted molar refractivity (Wildman–Crippen MR) is 78.6 cm³/mol. The molecule has 0 aliphatic heterocycles. The molecule has 19 heavy (non-hydrogen) atoms. The van der Waals surface area contributed by atoms with Gasteiger partial charge in [0.2, 0.25) is 0 Å². The predicted octanol–water partition coefficient (Wildman–Crippen LogP) is 4.35. The van der Waals surface area contributed by atoms with Gasteiger partial charge in [-0.2, -0.15) is 0 Å². The highest BCUT2D eigenvalue weighted by Gasteiger charge is 2.51. The monoisotopic (exact) mass is 290 g/mol. The minimum atomic E-state index is -3.46. The van der Waals surface area contributed by atoms with Gasteiger partial charge in [-0.15, -0.1) is 0 Å². The van der Waals surface area contributed by atoms with Crippen molar-refractivity contribution in [1.82, 2.24) is 0 Å². The zero-order chi connectivity index (χ0) is 14.9. The topological polar surface area (TPSA) is 52.6 Å². The Bertz CT molecular complexity index is 341. The van der Waals surface area contributed by atoms with Crippen LogP contribution >= 0.6 is 7.60 Å². The van der Waals surface area contributed by atoms with Crippen LogP contribution in [0.4, 0.5) is 0 Å². The van der Waals surface area contributed by atoms with Crippen molar-refractivity contribution >= 4 is 13.4 Å². The van der Waals surface area contributed by atoms with Gasteiger partial charge in [-0.1, -0.05) is 19.1 Å². The number of rotatable bonds is 10. The molecule has 0 aromatic rings. The Morgan fingerprint density at radius 2 is 1.74 bits per heavy atom. The zero-order valence-corrected chi connectivity index (χ0v) is 13.7. The van der Waals surface area contributed by atoms with E-state index in [0.29, 0.717) is 12.8 Å². The molecule has 1 unspecified atom stereocenters. The number of carbonyl (C=O) groups excluding carboxylic acids is 1. The minimum absolute atomic E-state index is 0.0571. The Balaban J connectivity index is 5.50. The van der Waals surface area contributed by atoms with Gasteiger partial charge in [0.25, 0.3) is 0 Å². The second kappa shape index (κ2) is 8.68. The highest BCUT2D eigenvalue weighted by Crippen LogP contribution is 2.62. The van der Waals surface area contributed by atoms with Gasteiger partial charge in [0.15, 0.2) is 5.78 Å². The van der Waals surface area contributed by atoms with Crippen molar-refractivity contribution in [3.05, 3.63) is 12.2 Å². The lowest BCUT2D eigenvalue weighted by molar-refractivity contribution is -0.121. The molecule has 0 heterocycles. The molecule has 0 N–H and O–H groups in total. The smallest absolute Gasteiger partial charge is 0.308 e. The summed E-state index contributed by atoms with van der Waals surface area (Å²) in [4.78, 5) is 12.4. The molecule has 4 nitrogen and oxygen atoms in total. The molecular weight excluding hydrogens is 263 g/mol. The Morgan fingerprint density at radius 3 is 2.11 bits per heavy atom. The molecule has 0 bridgehead atoms. The Labute approximate surface area is 117 Å². The van der Waals surface area contributed by atoms with Crippen molar-refractivity contribution in [2.45, 2.75) is 59.0 Å². The summed E-state index contributed by atoms with van der Waals surface area (Å²) in [6.45, 7) is 9.54. The number of allylic oxidation sites excluding steroid dienone is 2. The summed E-state index contributed by atoms with van der Waals surface area (Å²) in [5, 5.41) is -1.10. The van der Waals surface area contributed by atoms with E-state index in [1.165, 1.54) is 0 Å². The molecule has 5 heteroatoms. The molecule has 0 fully saturated rings. The maximum atomic E-state index is 13.0. The van der Waals surface area contributed by atoms with Crippen LogP contribution in [0.25, 0.3) is 0 Å². The molecule has 0 saturated carbocycles. The van der Waals surface area contributed by atoms with Gasteiger partial charge in [0, 0.05) is 6.42 Å². The van der Waals surface area contributed by atoms with Crippen molar-refractivity contribution in [3.8, 4) is 0 Å². The molecule has 0 spiro atoms. The normalized spacial score (nSPS) is 15.6. The first-order valence-corrected chi connectivity index (χ1v) is 8.49. The average Bonchev–Trinajstić information content (AvgIpc) is 2.36. The van der Waals surface area contributed by atoms with Crippen LogP contribution in [0.5, 0.6) is 0 Å². The quantitative estimate of drug-likeness (QED) is 0.443. The van der Waals surface area contributed by atoms with E-state index in [1.54, 1.807) is 20.8 Å². The molecule has 0 rings (SSSR count). The fourth-order valence-corrected chi connectivity index (χ4v) is 3.95. The molecule has 112 valence electrons. The number of hydrogen-bond donors (Lipinski definition) is 0. The van der Waals surface area contributed by atoms with E-state index in [0.717, 1.165) is 6.42 Å². The lowest BCUT2D eigenvalue weighted by Gasteiger charge is -2.34. The molecule has 0 aliphatic carbocycles. The molecule has 0 radical (unpaired) electrons. The lowest BCUT2D eigenvalue weighted by Crippen LogP contribution is -2.36. The fourth-order valence-electron chi connectivity index (χ4n) is 1.88. The zero-order valence-electron chi connectivity index (χ0n) is 12.8. The summed E-state index contributed by atoms with van der Waals surface area (Å²) < 4.78 is 23.7. The summed E-state index contributed by atoms with van der Waals surface area (Å²) in [7, 11) is -3.46. The van der Waals surface area contributed by atoms with Crippen LogP contribution in [0.2, 0.25) is 0 Å². The van der Waals surface area contributed by atoms with E-state index < -0.39 is 12.8 Å². The van der Waals surface area contributed by atoms with Crippen LogP contribution < -0.4 is 0 Å². The summed E-state index contributed by atoms with van der Waals surface area (Å²) in [6.07, 6.45) is 5.18. The molecule has 0 saturated heterocycles. The van der Waals surface area contributed by atoms with Crippen molar-refractivity contribution in [3.63, 3.8) is 0 Å². The van der Waals surface area contributed by atoms with E-state index >= 15 is 0 Å². The SMILES string of the molecule is C/C=C/CC(C)(C(=O)CCC)P(=O)(OCC)OCC. The second-order valence-corrected chi connectivity index (χ2v) is 7.05. The molecular formula is C14H27O4P. The van der Waals surface area contributed by atoms with E-state index in [9.17, 15) is 9.36 Å². The summed E-state index contributed by atoms with van der Waals surface area (Å²) in [5.41, 5.74) is 0. The molecule has 0 aliphatic rings. The third-order valence-electron chi connectivity index (χ3n) is 3.03. The van der Waals surface area contributed by atoms with Crippen LogP contribution in [0.1, 0.15) is 53.9 Å². The van der Waals surface area contributed by atoms with Gasteiger partial charge in [-0.25, -0.2) is 0 Å². The molecule has 0 aromatic carbocycles. The van der Waals surface area contributed by atoms with Crippen LogP contribution in [-0.4, -0.2) is 24.2 Å². The first-order valence-electron chi connectivity index (χ1n) is 6.95. The van der Waals surface area contributed by atoms with E-state index in [4.69, 9.17) is 9.05 Å². The Hall–Kier alpha value is -0.440. The average molecular weight is 290 g/mol. The van der Waals surface area contributed by atoms with Gasteiger partial charge >= 0.3 is 7.60 Å². The van der Waals surface area contributed by atoms with Crippen LogP contribution in [0.3, 0.4) is 0 Å². The summed E-state index contributed by atoms with van der Waals surface area (Å²) >= 11 is 0. The third kappa shape index (κ3) is 4.55. The first kappa shape index (κ1) is 18.6. The summed E-state index contributed by atoms with van der Waals surface area (Å²) in [6, 6.07) is 0. The van der Waals surface area contributed by atoms with Crippen molar-refractivity contribution in [1.29, 1.82) is 0 Å². The largest absolute Gasteiger partial charge is 0.344 e. The standard InChI is InChI=1S/C14H27O4P/c1-6-10-12-14(5,13(15)11-7-2)19(16,17-8-3)18-9-4/h6,10H,7-9,11-12H2,1-5H3/b10-6+. The maximum Gasteiger partial charge on any atom is 0.344 e. The van der Waals surface area contributed by atoms with Crippen molar-refractivity contribution in [2.75, 3.05) is 13.2 Å². The Kier molecular flexibility index (Phi) is 8.47. The van der Waals surface area contributed by atoms with Crippen molar-refractivity contribution < 1.29 is 18.4 Å². The molecule has 0 aromatic heterocycles. The van der Waals surface area contributed by atoms with Crippen LogP contribution in [0.15, 0.2) is 12.2 Å².